The summed E-state index contributed by atoms with van der Waals surface area (Å²) in [6.07, 6.45) is 1.83. The van der Waals surface area contributed by atoms with Gasteiger partial charge in [-0.15, -0.1) is 0 Å². The van der Waals surface area contributed by atoms with E-state index < -0.39 is 10.0 Å². The predicted octanol–water partition coefficient (Wildman–Crippen LogP) is 3.01. The quantitative estimate of drug-likeness (QED) is 0.686. The number of hydrogen-bond acceptors (Lipinski definition) is 5. The number of rotatable bonds is 7. The van der Waals surface area contributed by atoms with E-state index in [1.54, 1.807) is 30.0 Å². The van der Waals surface area contributed by atoms with Crippen molar-refractivity contribution in [3.8, 4) is 6.07 Å². The number of piperidine rings is 1. The van der Waals surface area contributed by atoms with Gasteiger partial charge in [0.05, 0.1) is 23.1 Å². The Hall–Kier alpha value is -2.89. The Balaban J connectivity index is 1.66. The smallest absolute Gasteiger partial charge is 0.253 e. The maximum absolute atomic E-state index is 13.0. The molecule has 1 heterocycles. The summed E-state index contributed by atoms with van der Waals surface area (Å²) in [6.45, 7) is 2.82. The van der Waals surface area contributed by atoms with E-state index in [0.717, 1.165) is 18.4 Å². The minimum absolute atomic E-state index is 0.117. The number of aliphatic hydroxyl groups excluding tert-OH is 1. The van der Waals surface area contributed by atoms with Gasteiger partial charge in [0.15, 0.2) is 0 Å². The van der Waals surface area contributed by atoms with Crippen molar-refractivity contribution in [2.45, 2.75) is 32.1 Å². The molecule has 0 atom stereocenters. The van der Waals surface area contributed by atoms with Crippen LogP contribution in [-0.2, 0) is 10.0 Å². The number of anilines is 1. The summed E-state index contributed by atoms with van der Waals surface area (Å²) in [5.41, 5.74) is 3.38. The molecule has 3 rings (SSSR count). The number of sulfonamides is 1. The van der Waals surface area contributed by atoms with E-state index in [0.29, 0.717) is 35.8 Å². The van der Waals surface area contributed by atoms with Crippen LogP contribution in [0, 0.1) is 18.3 Å². The zero-order chi connectivity index (χ0) is 22.4. The van der Waals surface area contributed by atoms with Gasteiger partial charge < -0.3 is 10.0 Å². The SMILES string of the molecule is Cc1ccc(C(=O)N2CCC(c3ccc(C#N)cc3)CC2)cc1NS(=O)(=O)CCCO. The molecule has 1 aliphatic rings. The lowest BCUT2D eigenvalue weighted by molar-refractivity contribution is 0.0713. The summed E-state index contributed by atoms with van der Waals surface area (Å²) in [5.74, 6) is 0.0575. The van der Waals surface area contributed by atoms with Gasteiger partial charge >= 0.3 is 0 Å². The fourth-order valence-electron chi connectivity index (χ4n) is 3.77. The predicted molar refractivity (Wildman–Crippen MR) is 119 cm³/mol. The van der Waals surface area contributed by atoms with Crippen LogP contribution >= 0.6 is 0 Å². The number of carbonyl (C=O) groups is 1. The number of hydrogen-bond donors (Lipinski definition) is 2. The number of carbonyl (C=O) groups excluding carboxylic acids is 1. The molecule has 0 aromatic heterocycles. The van der Waals surface area contributed by atoms with Crippen molar-refractivity contribution in [2.24, 2.45) is 0 Å². The van der Waals surface area contributed by atoms with Crippen LogP contribution < -0.4 is 4.72 Å². The summed E-state index contributed by atoms with van der Waals surface area (Å²) >= 11 is 0. The van der Waals surface area contributed by atoms with E-state index in [4.69, 9.17) is 10.4 Å². The molecular formula is C23H27N3O4S. The first-order valence-corrected chi connectivity index (χ1v) is 12.0. The number of aryl methyl sites for hydroxylation is 1. The molecule has 1 saturated heterocycles. The summed E-state index contributed by atoms with van der Waals surface area (Å²) in [7, 11) is -3.58. The molecule has 2 N–H and O–H groups in total. The third-order valence-electron chi connectivity index (χ3n) is 5.61. The second kappa shape index (κ2) is 9.94. The Morgan fingerprint density at radius 3 is 2.48 bits per heavy atom. The van der Waals surface area contributed by atoms with Crippen LogP contribution in [0.2, 0.25) is 0 Å². The van der Waals surface area contributed by atoms with Crippen LogP contribution in [0.5, 0.6) is 0 Å². The normalized spacial score (nSPS) is 14.8. The Morgan fingerprint density at radius 2 is 1.87 bits per heavy atom. The third-order valence-corrected chi connectivity index (χ3v) is 6.97. The fourth-order valence-corrected chi connectivity index (χ4v) is 4.93. The van der Waals surface area contributed by atoms with Gasteiger partial charge in [-0.3, -0.25) is 9.52 Å². The highest BCUT2D eigenvalue weighted by atomic mass is 32.2. The van der Waals surface area contributed by atoms with E-state index in [-0.39, 0.29) is 24.7 Å². The molecule has 8 heteroatoms. The molecule has 0 spiro atoms. The Labute approximate surface area is 183 Å². The van der Waals surface area contributed by atoms with Crippen LogP contribution in [0.25, 0.3) is 0 Å². The lowest BCUT2D eigenvalue weighted by atomic mass is 9.89. The van der Waals surface area contributed by atoms with Crippen LogP contribution in [0.3, 0.4) is 0 Å². The third kappa shape index (κ3) is 5.84. The Bertz CT molecular complexity index is 1070. The van der Waals surface area contributed by atoms with Crippen molar-refractivity contribution in [2.75, 3.05) is 30.2 Å². The molecule has 0 unspecified atom stereocenters. The first-order valence-electron chi connectivity index (χ1n) is 10.3. The number of nitriles is 1. The zero-order valence-electron chi connectivity index (χ0n) is 17.5. The number of amides is 1. The highest BCUT2D eigenvalue weighted by Gasteiger charge is 2.25. The van der Waals surface area contributed by atoms with Crippen molar-refractivity contribution in [1.82, 2.24) is 4.90 Å². The molecular weight excluding hydrogens is 414 g/mol. The number of benzene rings is 2. The van der Waals surface area contributed by atoms with Crippen molar-refractivity contribution >= 4 is 21.6 Å². The van der Waals surface area contributed by atoms with Gasteiger partial charge in [-0.05, 0) is 67.5 Å². The lowest BCUT2D eigenvalue weighted by Gasteiger charge is -2.32. The van der Waals surface area contributed by atoms with Crippen molar-refractivity contribution < 1.29 is 18.3 Å². The van der Waals surface area contributed by atoms with Crippen molar-refractivity contribution in [3.05, 3.63) is 64.7 Å². The minimum atomic E-state index is -3.58. The monoisotopic (exact) mass is 441 g/mol. The molecule has 7 nitrogen and oxygen atoms in total. The van der Waals surface area contributed by atoms with Crippen molar-refractivity contribution in [1.29, 1.82) is 5.26 Å². The average molecular weight is 442 g/mol. The van der Waals surface area contributed by atoms with E-state index in [1.165, 1.54) is 5.56 Å². The van der Waals surface area contributed by atoms with Crippen molar-refractivity contribution in [3.63, 3.8) is 0 Å². The maximum Gasteiger partial charge on any atom is 0.253 e. The second-order valence-electron chi connectivity index (χ2n) is 7.83. The minimum Gasteiger partial charge on any atom is -0.396 e. The highest BCUT2D eigenvalue weighted by molar-refractivity contribution is 7.92. The highest BCUT2D eigenvalue weighted by Crippen LogP contribution is 2.29. The van der Waals surface area contributed by atoms with Crippen LogP contribution in [0.15, 0.2) is 42.5 Å². The molecule has 0 radical (unpaired) electrons. The summed E-state index contributed by atoms with van der Waals surface area (Å²) in [6, 6.07) is 14.8. The molecule has 2 aromatic rings. The molecule has 0 bridgehead atoms. The topological polar surface area (TPSA) is 111 Å². The maximum atomic E-state index is 13.0. The fraction of sp³-hybridized carbons (Fsp3) is 0.391. The van der Waals surface area contributed by atoms with Gasteiger partial charge in [0, 0.05) is 25.3 Å². The molecule has 1 fully saturated rings. The molecule has 2 aromatic carbocycles. The number of nitrogens with one attached hydrogen (secondary N) is 1. The van der Waals surface area contributed by atoms with E-state index >= 15 is 0 Å². The van der Waals surface area contributed by atoms with E-state index in [1.807, 2.05) is 24.3 Å². The van der Waals surface area contributed by atoms with Gasteiger partial charge in [-0.25, -0.2) is 8.42 Å². The van der Waals surface area contributed by atoms with Gasteiger partial charge in [0.1, 0.15) is 0 Å². The standard InChI is InChI=1S/C23H27N3O4S/c1-17-3-6-21(15-22(17)25-31(29,30)14-2-13-27)23(28)26-11-9-20(10-12-26)19-7-4-18(16-24)5-8-19/h3-8,15,20,25,27H,2,9-14H2,1H3. The van der Waals surface area contributed by atoms with Crippen LogP contribution in [0.1, 0.15) is 52.2 Å². The summed E-state index contributed by atoms with van der Waals surface area (Å²) < 4.78 is 26.9. The molecule has 0 saturated carbocycles. The first-order chi connectivity index (χ1) is 14.8. The van der Waals surface area contributed by atoms with Gasteiger partial charge in [-0.2, -0.15) is 5.26 Å². The van der Waals surface area contributed by atoms with E-state index in [9.17, 15) is 13.2 Å². The van der Waals surface area contributed by atoms with Gasteiger partial charge in [0.2, 0.25) is 10.0 Å². The molecule has 0 aliphatic carbocycles. The molecule has 1 amide bonds. The zero-order valence-corrected chi connectivity index (χ0v) is 18.4. The average Bonchev–Trinajstić information content (AvgIpc) is 2.79. The number of aliphatic hydroxyl groups is 1. The van der Waals surface area contributed by atoms with Gasteiger partial charge in [0.25, 0.3) is 5.91 Å². The van der Waals surface area contributed by atoms with E-state index in [2.05, 4.69) is 10.8 Å². The lowest BCUT2D eigenvalue weighted by Crippen LogP contribution is -2.38. The van der Waals surface area contributed by atoms with Crippen LogP contribution in [0.4, 0.5) is 5.69 Å². The summed E-state index contributed by atoms with van der Waals surface area (Å²) in [4.78, 5) is 14.8. The van der Waals surface area contributed by atoms with Gasteiger partial charge in [-0.1, -0.05) is 18.2 Å². The first kappa shape index (κ1) is 22.8. The Morgan fingerprint density at radius 1 is 1.19 bits per heavy atom. The number of nitrogens with zero attached hydrogens (tertiary/aromatic N) is 2. The second-order valence-corrected chi connectivity index (χ2v) is 9.67. The molecule has 31 heavy (non-hydrogen) atoms. The largest absolute Gasteiger partial charge is 0.396 e. The Kier molecular flexibility index (Phi) is 7.31. The number of likely N-dealkylation sites (tertiary alicyclic amines) is 1. The molecule has 164 valence electrons. The van der Waals surface area contributed by atoms with Crippen LogP contribution in [-0.4, -0.2) is 49.8 Å². The molecule has 1 aliphatic heterocycles. The summed E-state index contributed by atoms with van der Waals surface area (Å²) in [5, 5.41) is 17.8.